The second kappa shape index (κ2) is 10.1. The Hall–Kier alpha value is -3.04. The Morgan fingerprint density at radius 3 is 2.50 bits per heavy atom. The topological polar surface area (TPSA) is 74.6 Å². The summed E-state index contributed by atoms with van der Waals surface area (Å²) >= 11 is 0. The summed E-state index contributed by atoms with van der Waals surface area (Å²) in [6.45, 7) is 6.82. The van der Waals surface area contributed by atoms with Gasteiger partial charge in [0.15, 0.2) is 11.5 Å². The third kappa shape index (κ3) is 5.11. The van der Waals surface area contributed by atoms with Crippen molar-refractivity contribution in [3.05, 3.63) is 59.2 Å². The van der Waals surface area contributed by atoms with Gasteiger partial charge in [0.05, 0.1) is 24.8 Å². The molecule has 1 aliphatic heterocycles. The number of piperidine rings is 1. The molecule has 0 aliphatic carbocycles. The van der Waals surface area contributed by atoms with Crippen LogP contribution < -0.4 is 14.8 Å². The van der Waals surface area contributed by atoms with Gasteiger partial charge >= 0.3 is 0 Å². The SMILES string of the molecule is CCOc1ccc([C@@H]2CN(C)CC[C@@H]2NC(=O)c2ccc(C#N)cc2)cc1OCC. The van der Waals surface area contributed by atoms with Gasteiger partial charge in [0.2, 0.25) is 0 Å². The van der Waals surface area contributed by atoms with Gasteiger partial charge in [-0.05, 0) is 75.8 Å². The summed E-state index contributed by atoms with van der Waals surface area (Å²) in [7, 11) is 2.10. The molecule has 0 bridgehead atoms. The lowest BCUT2D eigenvalue weighted by Gasteiger charge is -2.37. The highest BCUT2D eigenvalue weighted by molar-refractivity contribution is 5.94. The van der Waals surface area contributed by atoms with E-state index in [0.29, 0.717) is 24.3 Å². The van der Waals surface area contributed by atoms with Crippen LogP contribution in [0.3, 0.4) is 0 Å². The molecule has 1 N–H and O–H groups in total. The van der Waals surface area contributed by atoms with Crippen LogP contribution in [0.1, 0.15) is 47.7 Å². The molecule has 0 unspecified atom stereocenters. The molecule has 1 saturated heterocycles. The maximum atomic E-state index is 12.8. The average Bonchev–Trinajstić information content (AvgIpc) is 2.76. The van der Waals surface area contributed by atoms with Gasteiger partial charge in [0, 0.05) is 24.1 Å². The lowest BCUT2D eigenvalue weighted by atomic mass is 9.85. The molecule has 2 aromatic rings. The summed E-state index contributed by atoms with van der Waals surface area (Å²) in [5.41, 5.74) is 2.23. The summed E-state index contributed by atoms with van der Waals surface area (Å²) < 4.78 is 11.5. The van der Waals surface area contributed by atoms with E-state index in [1.54, 1.807) is 24.3 Å². The summed E-state index contributed by atoms with van der Waals surface area (Å²) in [6.07, 6.45) is 0.861. The van der Waals surface area contributed by atoms with E-state index >= 15 is 0 Å². The number of nitrogens with one attached hydrogen (secondary N) is 1. The van der Waals surface area contributed by atoms with E-state index in [0.717, 1.165) is 36.6 Å². The molecule has 30 heavy (non-hydrogen) atoms. The van der Waals surface area contributed by atoms with Gasteiger partial charge in [-0.15, -0.1) is 0 Å². The second-order valence-corrected chi connectivity index (χ2v) is 7.50. The molecular weight excluding hydrogens is 378 g/mol. The predicted octanol–water partition coefficient (Wildman–Crippen LogP) is 3.57. The molecule has 1 aliphatic rings. The van der Waals surface area contributed by atoms with E-state index < -0.39 is 0 Å². The maximum absolute atomic E-state index is 12.8. The average molecular weight is 408 g/mol. The number of carbonyl (C=O) groups is 1. The van der Waals surface area contributed by atoms with Gasteiger partial charge < -0.3 is 19.7 Å². The van der Waals surface area contributed by atoms with E-state index in [4.69, 9.17) is 14.7 Å². The van der Waals surface area contributed by atoms with Crippen LogP contribution in [0, 0.1) is 11.3 Å². The first-order valence-corrected chi connectivity index (χ1v) is 10.4. The Morgan fingerprint density at radius 2 is 1.83 bits per heavy atom. The normalized spacial score (nSPS) is 19.0. The van der Waals surface area contributed by atoms with Gasteiger partial charge in [-0.25, -0.2) is 0 Å². The summed E-state index contributed by atoms with van der Waals surface area (Å²) in [4.78, 5) is 15.1. The van der Waals surface area contributed by atoms with Crippen LogP contribution in [0.25, 0.3) is 0 Å². The van der Waals surface area contributed by atoms with Crippen LogP contribution in [0.2, 0.25) is 0 Å². The zero-order valence-electron chi connectivity index (χ0n) is 17.9. The van der Waals surface area contributed by atoms with Crippen LogP contribution in [-0.4, -0.2) is 50.2 Å². The molecule has 0 radical (unpaired) electrons. The molecule has 6 nitrogen and oxygen atoms in total. The van der Waals surface area contributed by atoms with Gasteiger partial charge in [-0.3, -0.25) is 4.79 Å². The van der Waals surface area contributed by atoms with Crippen LogP contribution >= 0.6 is 0 Å². The van der Waals surface area contributed by atoms with Gasteiger partial charge in [-0.2, -0.15) is 5.26 Å². The van der Waals surface area contributed by atoms with Gasteiger partial charge in [-0.1, -0.05) is 6.07 Å². The number of hydrogen-bond acceptors (Lipinski definition) is 5. The molecule has 2 atom stereocenters. The number of nitriles is 1. The number of hydrogen-bond donors (Lipinski definition) is 1. The third-order valence-corrected chi connectivity index (χ3v) is 5.40. The molecule has 1 amide bonds. The molecule has 3 rings (SSSR count). The first kappa shape index (κ1) is 21.7. The van der Waals surface area contributed by atoms with Crippen molar-refractivity contribution < 1.29 is 14.3 Å². The summed E-state index contributed by atoms with van der Waals surface area (Å²) in [5, 5.41) is 12.2. The van der Waals surface area contributed by atoms with Crippen LogP contribution in [0.5, 0.6) is 11.5 Å². The number of likely N-dealkylation sites (tertiary alicyclic amines) is 1. The quantitative estimate of drug-likeness (QED) is 0.759. The van der Waals surface area contributed by atoms with Crippen molar-refractivity contribution in [2.75, 3.05) is 33.4 Å². The number of carbonyl (C=O) groups excluding carboxylic acids is 1. The van der Waals surface area contributed by atoms with Crippen molar-refractivity contribution in [2.24, 2.45) is 0 Å². The monoisotopic (exact) mass is 407 g/mol. The first-order valence-electron chi connectivity index (χ1n) is 10.4. The Balaban J connectivity index is 1.82. The van der Waals surface area contributed by atoms with E-state index in [-0.39, 0.29) is 17.9 Å². The van der Waals surface area contributed by atoms with Crippen molar-refractivity contribution in [3.8, 4) is 17.6 Å². The number of ether oxygens (including phenoxy) is 2. The zero-order valence-corrected chi connectivity index (χ0v) is 17.9. The molecule has 6 heteroatoms. The number of likely N-dealkylation sites (N-methyl/N-ethyl adjacent to an activating group) is 1. The van der Waals surface area contributed by atoms with Crippen molar-refractivity contribution in [2.45, 2.75) is 32.2 Å². The Labute approximate surface area is 178 Å². The summed E-state index contributed by atoms with van der Waals surface area (Å²) in [5.74, 6) is 1.50. The van der Waals surface area contributed by atoms with Crippen molar-refractivity contribution in [1.29, 1.82) is 5.26 Å². The minimum atomic E-state index is -0.116. The highest BCUT2D eigenvalue weighted by Gasteiger charge is 2.31. The molecule has 0 spiro atoms. The fraction of sp³-hybridized carbons (Fsp3) is 0.417. The summed E-state index contributed by atoms with van der Waals surface area (Å²) in [6, 6.07) is 14.9. The zero-order chi connectivity index (χ0) is 21.5. The number of benzene rings is 2. The number of nitrogens with zero attached hydrogens (tertiary/aromatic N) is 2. The van der Waals surface area contributed by atoms with E-state index in [2.05, 4.69) is 29.4 Å². The first-order chi connectivity index (χ1) is 14.5. The van der Waals surface area contributed by atoms with Crippen molar-refractivity contribution >= 4 is 5.91 Å². The molecule has 1 heterocycles. The third-order valence-electron chi connectivity index (χ3n) is 5.40. The molecular formula is C24H29N3O3. The maximum Gasteiger partial charge on any atom is 0.251 e. The lowest BCUT2D eigenvalue weighted by Crippen LogP contribution is -2.48. The van der Waals surface area contributed by atoms with Gasteiger partial charge in [0.25, 0.3) is 5.91 Å². The fourth-order valence-electron chi connectivity index (χ4n) is 3.87. The Bertz CT molecular complexity index is 905. The van der Waals surface area contributed by atoms with Crippen LogP contribution in [0.15, 0.2) is 42.5 Å². The Kier molecular flexibility index (Phi) is 7.31. The number of rotatable bonds is 7. The van der Waals surface area contributed by atoms with E-state index in [1.165, 1.54) is 0 Å². The minimum absolute atomic E-state index is 0.0109. The van der Waals surface area contributed by atoms with Crippen molar-refractivity contribution in [3.63, 3.8) is 0 Å². The van der Waals surface area contributed by atoms with Gasteiger partial charge in [0.1, 0.15) is 0 Å². The smallest absolute Gasteiger partial charge is 0.251 e. The standard InChI is InChI=1S/C24H29N3O3/c1-4-29-22-11-10-19(14-23(22)30-5-2)20-16-27(3)13-12-21(20)26-24(28)18-8-6-17(15-25)7-9-18/h6-11,14,20-21H,4-5,12-13,16H2,1-3H3,(H,26,28)/t20-,21-/m0/s1. The highest BCUT2D eigenvalue weighted by atomic mass is 16.5. The largest absolute Gasteiger partial charge is 0.490 e. The van der Waals surface area contributed by atoms with E-state index in [1.807, 2.05) is 26.0 Å². The molecule has 0 aromatic heterocycles. The molecule has 0 saturated carbocycles. The second-order valence-electron chi connectivity index (χ2n) is 7.50. The predicted molar refractivity (Wildman–Crippen MR) is 116 cm³/mol. The molecule has 158 valence electrons. The number of amides is 1. The fourth-order valence-corrected chi connectivity index (χ4v) is 3.87. The van der Waals surface area contributed by atoms with Crippen molar-refractivity contribution in [1.82, 2.24) is 10.2 Å². The highest BCUT2D eigenvalue weighted by Crippen LogP contribution is 2.34. The minimum Gasteiger partial charge on any atom is -0.490 e. The van der Waals surface area contributed by atoms with Crippen LogP contribution in [0.4, 0.5) is 0 Å². The lowest BCUT2D eigenvalue weighted by molar-refractivity contribution is 0.0904. The van der Waals surface area contributed by atoms with E-state index in [9.17, 15) is 4.79 Å². The Morgan fingerprint density at radius 1 is 1.13 bits per heavy atom. The van der Waals surface area contributed by atoms with Crippen LogP contribution in [-0.2, 0) is 0 Å². The molecule has 1 fully saturated rings. The molecule has 2 aromatic carbocycles.